The Morgan fingerprint density at radius 3 is 2.48 bits per heavy atom. The first-order chi connectivity index (χ1) is 14.5. The summed E-state index contributed by atoms with van der Waals surface area (Å²) in [6, 6.07) is 10.4. The molecule has 0 fully saturated rings. The predicted molar refractivity (Wildman–Crippen MR) is 119 cm³/mol. The average molecular weight is 446 g/mol. The normalized spacial score (nSPS) is 16.0. The Kier molecular flexibility index (Phi) is 6.38. The zero-order chi connectivity index (χ0) is 22.9. The summed E-state index contributed by atoms with van der Waals surface area (Å²) in [6.07, 6.45) is -0.726. The number of hydrogen-bond acceptors (Lipinski definition) is 5. The molecule has 8 nitrogen and oxygen atoms in total. The summed E-state index contributed by atoms with van der Waals surface area (Å²) in [4.78, 5) is 24.2. The highest BCUT2D eigenvalue weighted by atomic mass is 32.2. The highest BCUT2D eigenvalue weighted by Crippen LogP contribution is 2.35. The molecular formula is C22H27N3O5S. The first kappa shape index (κ1) is 22.8. The van der Waals surface area contributed by atoms with Gasteiger partial charge in [0, 0.05) is 18.8 Å². The fraction of sp³-hybridized carbons (Fsp3) is 0.364. The molecule has 0 bridgehead atoms. The minimum Gasteiger partial charge on any atom is -0.479 e. The van der Waals surface area contributed by atoms with E-state index in [9.17, 15) is 18.0 Å². The Labute approximate surface area is 182 Å². The van der Waals surface area contributed by atoms with E-state index in [0.29, 0.717) is 22.9 Å². The van der Waals surface area contributed by atoms with Crippen molar-refractivity contribution in [3.8, 4) is 5.75 Å². The van der Waals surface area contributed by atoms with E-state index in [1.807, 2.05) is 12.1 Å². The van der Waals surface area contributed by atoms with Crippen LogP contribution in [-0.2, 0) is 19.6 Å². The molecule has 1 heterocycles. The number of nitrogens with zero attached hydrogens (tertiary/aromatic N) is 1. The molecule has 1 aliphatic rings. The molecule has 0 saturated heterocycles. The molecule has 31 heavy (non-hydrogen) atoms. The number of ether oxygens (including phenoxy) is 1. The minimum atomic E-state index is -3.96. The van der Waals surface area contributed by atoms with Gasteiger partial charge in [0.15, 0.2) is 6.10 Å². The van der Waals surface area contributed by atoms with Gasteiger partial charge in [-0.15, -0.1) is 0 Å². The summed E-state index contributed by atoms with van der Waals surface area (Å²) in [5.41, 5.74) is 2.61. The van der Waals surface area contributed by atoms with Crippen molar-refractivity contribution < 1.29 is 22.7 Å². The summed E-state index contributed by atoms with van der Waals surface area (Å²) < 4.78 is 32.7. The second kappa shape index (κ2) is 8.68. The number of benzene rings is 2. The number of hydrogen-bond donors (Lipinski definition) is 2. The van der Waals surface area contributed by atoms with Crippen LogP contribution in [0.4, 0.5) is 11.4 Å². The molecule has 2 N–H and O–H groups in total. The monoisotopic (exact) mass is 445 g/mol. The molecular weight excluding hydrogens is 418 g/mol. The number of carbonyl (C=O) groups excluding carboxylic acids is 2. The SMILES string of the molecule is Cc1cc2c(cc1S(=O)(=O)N(C)CC(=O)Nc1ccc(C(C)C)cc1)O[C@H](C)C(=O)N2. The number of aryl methyl sites for hydroxylation is 1. The molecule has 9 heteroatoms. The number of likely N-dealkylation sites (N-methyl/N-ethyl adjacent to an activating group) is 1. The summed E-state index contributed by atoms with van der Waals surface area (Å²) in [6.45, 7) is 7.02. The number of amides is 2. The summed E-state index contributed by atoms with van der Waals surface area (Å²) in [5.74, 6) is -0.0885. The number of fused-ring (bicyclic) bond motifs is 1. The zero-order valence-corrected chi connectivity index (χ0v) is 19.0. The van der Waals surface area contributed by atoms with Gasteiger partial charge in [-0.1, -0.05) is 26.0 Å². The van der Waals surface area contributed by atoms with Crippen LogP contribution in [-0.4, -0.2) is 44.2 Å². The maximum atomic E-state index is 13.1. The molecule has 2 amide bonds. The molecule has 1 atom stereocenters. The van der Waals surface area contributed by atoms with Crippen LogP contribution < -0.4 is 15.4 Å². The molecule has 0 spiro atoms. The standard InChI is InChI=1S/C22H27N3O5S/c1-13(2)16-6-8-17(9-7-16)23-21(26)12-25(5)31(28,29)20-11-19-18(10-14(20)3)24-22(27)15(4)30-19/h6-11,13,15H,12H2,1-5H3,(H,23,26)(H,24,27)/t15-/m1/s1. The third-order valence-electron chi connectivity index (χ3n) is 5.12. The number of nitrogens with one attached hydrogen (secondary N) is 2. The van der Waals surface area contributed by atoms with E-state index >= 15 is 0 Å². The minimum absolute atomic E-state index is 0.0196. The van der Waals surface area contributed by atoms with Crippen molar-refractivity contribution in [1.29, 1.82) is 0 Å². The summed E-state index contributed by atoms with van der Waals surface area (Å²) >= 11 is 0. The molecule has 166 valence electrons. The van der Waals surface area contributed by atoms with Crippen LogP contribution >= 0.6 is 0 Å². The predicted octanol–water partition coefficient (Wildman–Crippen LogP) is 3.10. The van der Waals surface area contributed by atoms with Crippen LogP contribution in [0.25, 0.3) is 0 Å². The Morgan fingerprint density at radius 2 is 1.87 bits per heavy atom. The molecule has 0 unspecified atom stereocenters. The third kappa shape index (κ3) is 4.88. The lowest BCUT2D eigenvalue weighted by molar-refractivity contribution is -0.122. The smallest absolute Gasteiger partial charge is 0.265 e. The highest BCUT2D eigenvalue weighted by molar-refractivity contribution is 7.89. The van der Waals surface area contributed by atoms with Crippen LogP contribution in [0.3, 0.4) is 0 Å². The molecule has 0 saturated carbocycles. The number of anilines is 2. The summed E-state index contributed by atoms with van der Waals surface area (Å²) in [5, 5.41) is 5.41. The topological polar surface area (TPSA) is 105 Å². The van der Waals surface area contributed by atoms with E-state index in [2.05, 4.69) is 24.5 Å². The van der Waals surface area contributed by atoms with Crippen molar-refractivity contribution >= 4 is 33.2 Å². The first-order valence-corrected chi connectivity index (χ1v) is 11.4. The van der Waals surface area contributed by atoms with Gasteiger partial charge in [0.1, 0.15) is 5.75 Å². The lowest BCUT2D eigenvalue weighted by Crippen LogP contribution is -2.36. The lowest BCUT2D eigenvalue weighted by Gasteiger charge is -2.25. The molecule has 0 aliphatic carbocycles. The van der Waals surface area contributed by atoms with Gasteiger partial charge in [0.05, 0.1) is 17.1 Å². The van der Waals surface area contributed by atoms with Crippen molar-refractivity contribution in [2.24, 2.45) is 0 Å². The van der Waals surface area contributed by atoms with Gasteiger partial charge in [-0.2, -0.15) is 4.31 Å². The van der Waals surface area contributed by atoms with Crippen molar-refractivity contribution in [3.63, 3.8) is 0 Å². The Balaban J connectivity index is 1.75. The Morgan fingerprint density at radius 1 is 1.23 bits per heavy atom. The van der Waals surface area contributed by atoms with Gasteiger partial charge in [0.25, 0.3) is 5.91 Å². The first-order valence-electron chi connectivity index (χ1n) is 9.97. The largest absolute Gasteiger partial charge is 0.479 e. The quantitative estimate of drug-likeness (QED) is 0.711. The highest BCUT2D eigenvalue weighted by Gasteiger charge is 2.30. The van der Waals surface area contributed by atoms with Gasteiger partial charge < -0.3 is 15.4 Å². The van der Waals surface area contributed by atoms with Gasteiger partial charge in [-0.25, -0.2) is 8.42 Å². The van der Waals surface area contributed by atoms with Crippen molar-refractivity contribution in [1.82, 2.24) is 4.31 Å². The molecule has 2 aromatic rings. The molecule has 0 aromatic heterocycles. The molecule has 0 radical (unpaired) electrons. The van der Waals surface area contributed by atoms with Crippen LogP contribution in [0.5, 0.6) is 5.75 Å². The van der Waals surface area contributed by atoms with E-state index in [0.717, 1.165) is 9.87 Å². The number of carbonyl (C=O) groups is 2. The second-order valence-electron chi connectivity index (χ2n) is 7.95. The van der Waals surface area contributed by atoms with Crippen LogP contribution in [0, 0.1) is 6.92 Å². The van der Waals surface area contributed by atoms with Gasteiger partial charge in [-0.05, 0) is 49.1 Å². The van der Waals surface area contributed by atoms with Gasteiger partial charge >= 0.3 is 0 Å². The van der Waals surface area contributed by atoms with E-state index in [-0.39, 0.29) is 23.1 Å². The van der Waals surface area contributed by atoms with Crippen LogP contribution in [0.15, 0.2) is 41.3 Å². The van der Waals surface area contributed by atoms with Crippen LogP contribution in [0.2, 0.25) is 0 Å². The van der Waals surface area contributed by atoms with E-state index in [1.54, 1.807) is 32.0 Å². The van der Waals surface area contributed by atoms with E-state index < -0.39 is 22.0 Å². The maximum absolute atomic E-state index is 13.1. The summed E-state index contributed by atoms with van der Waals surface area (Å²) in [7, 11) is -2.61. The Hall–Kier alpha value is -2.91. The van der Waals surface area contributed by atoms with Crippen molar-refractivity contribution in [2.45, 2.75) is 44.6 Å². The van der Waals surface area contributed by atoms with Gasteiger partial charge in [0.2, 0.25) is 15.9 Å². The second-order valence-corrected chi connectivity index (χ2v) is 9.96. The van der Waals surface area contributed by atoms with Gasteiger partial charge in [-0.3, -0.25) is 9.59 Å². The molecule has 2 aromatic carbocycles. The van der Waals surface area contributed by atoms with E-state index in [1.165, 1.54) is 13.1 Å². The maximum Gasteiger partial charge on any atom is 0.265 e. The zero-order valence-electron chi connectivity index (χ0n) is 18.2. The lowest BCUT2D eigenvalue weighted by atomic mass is 10.0. The van der Waals surface area contributed by atoms with Crippen molar-refractivity contribution in [2.75, 3.05) is 24.2 Å². The van der Waals surface area contributed by atoms with Crippen molar-refractivity contribution in [3.05, 3.63) is 47.5 Å². The fourth-order valence-corrected chi connectivity index (χ4v) is 4.57. The molecule has 1 aliphatic heterocycles. The van der Waals surface area contributed by atoms with Crippen LogP contribution in [0.1, 0.15) is 37.8 Å². The molecule has 3 rings (SSSR count). The third-order valence-corrected chi connectivity index (χ3v) is 7.07. The fourth-order valence-electron chi connectivity index (χ4n) is 3.23. The Bertz CT molecular complexity index is 1110. The number of sulfonamides is 1. The van der Waals surface area contributed by atoms with E-state index in [4.69, 9.17) is 4.74 Å². The average Bonchev–Trinajstić information content (AvgIpc) is 2.69. The number of rotatable bonds is 6.